The van der Waals surface area contributed by atoms with Crippen LogP contribution in [0.3, 0.4) is 0 Å². The van der Waals surface area contributed by atoms with Gasteiger partial charge in [0.2, 0.25) is 5.91 Å². The Morgan fingerprint density at radius 2 is 1.81 bits per heavy atom. The normalized spacial score (nSPS) is 14.6. The summed E-state index contributed by atoms with van der Waals surface area (Å²) in [6.07, 6.45) is 0.850. The number of urea groups is 1. The van der Waals surface area contributed by atoms with Gasteiger partial charge in [0.05, 0.1) is 11.4 Å². The van der Waals surface area contributed by atoms with Crippen LogP contribution in [0.4, 0.5) is 16.2 Å². The fourth-order valence-corrected chi connectivity index (χ4v) is 3.27. The van der Waals surface area contributed by atoms with Crippen molar-refractivity contribution < 1.29 is 9.59 Å². The molecule has 142 valence electrons. The number of carbonyl (C=O) groups is 2. The molecule has 0 atom stereocenters. The zero-order valence-electron chi connectivity index (χ0n) is 15.6. The molecule has 1 aliphatic heterocycles. The summed E-state index contributed by atoms with van der Waals surface area (Å²) in [5, 5.41) is 3.59. The summed E-state index contributed by atoms with van der Waals surface area (Å²) in [4.78, 5) is 28.8. The van der Waals surface area contributed by atoms with E-state index in [0.717, 1.165) is 17.7 Å². The quantitative estimate of drug-likeness (QED) is 0.806. The lowest BCUT2D eigenvalue weighted by atomic mass is 10.1. The Morgan fingerprint density at radius 3 is 2.56 bits per heavy atom. The summed E-state index contributed by atoms with van der Waals surface area (Å²) in [5.74, 6) is -0.202. The molecule has 0 spiro atoms. The number of nitrogens with zero attached hydrogens (tertiary/aromatic N) is 2. The molecule has 2 aromatic carbocycles. The highest BCUT2D eigenvalue weighted by molar-refractivity contribution is 6.31. The molecule has 27 heavy (non-hydrogen) atoms. The Hall–Kier alpha value is -2.53. The van der Waals surface area contributed by atoms with Crippen molar-refractivity contribution in [1.82, 2.24) is 4.90 Å². The zero-order chi connectivity index (χ0) is 19.4. The van der Waals surface area contributed by atoms with E-state index in [2.05, 4.69) is 5.32 Å². The number of amides is 3. The van der Waals surface area contributed by atoms with Crippen LogP contribution < -0.4 is 10.2 Å². The smallest absolute Gasteiger partial charge is 0.324 e. The molecular weight excluding hydrogens is 362 g/mol. The predicted octanol–water partition coefficient (Wildman–Crippen LogP) is 4.77. The van der Waals surface area contributed by atoms with Crippen molar-refractivity contribution in [3.8, 4) is 0 Å². The van der Waals surface area contributed by atoms with Gasteiger partial charge in [0, 0.05) is 30.6 Å². The van der Waals surface area contributed by atoms with Gasteiger partial charge in [0.15, 0.2) is 0 Å². The van der Waals surface area contributed by atoms with Crippen LogP contribution in [0.25, 0.3) is 0 Å². The lowest BCUT2D eigenvalue weighted by Crippen LogP contribution is -2.49. The van der Waals surface area contributed by atoms with Crippen molar-refractivity contribution in [3.63, 3.8) is 0 Å². The molecule has 0 aliphatic carbocycles. The van der Waals surface area contributed by atoms with E-state index < -0.39 is 0 Å². The number of halogens is 1. The third-order valence-corrected chi connectivity index (χ3v) is 4.98. The summed E-state index contributed by atoms with van der Waals surface area (Å²) < 4.78 is 0. The average Bonchev–Trinajstić information content (AvgIpc) is 2.66. The van der Waals surface area contributed by atoms with Crippen LogP contribution >= 0.6 is 11.6 Å². The first-order chi connectivity index (χ1) is 13.0. The van der Waals surface area contributed by atoms with E-state index in [1.165, 1.54) is 0 Å². The van der Waals surface area contributed by atoms with Gasteiger partial charge < -0.3 is 10.2 Å². The maximum absolute atomic E-state index is 13.1. The van der Waals surface area contributed by atoms with Crippen LogP contribution in [0.1, 0.15) is 25.8 Å². The van der Waals surface area contributed by atoms with Crippen molar-refractivity contribution >= 4 is 34.9 Å². The van der Waals surface area contributed by atoms with E-state index in [4.69, 9.17) is 11.6 Å². The zero-order valence-corrected chi connectivity index (χ0v) is 16.4. The summed E-state index contributed by atoms with van der Waals surface area (Å²) in [5.41, 5.74) is 2.31. The number of hydrogen-bond donors (Lipinski definition) is 1. The third-order valence-electron chi connectivity index (χ3n) is 4.61. The first kappa shape index (κ1) is 19.2. The molecule has 0 radical (unpaired) electrons. The van der Waals surface area contributed by atoms with Crippen LogP contribution in [0.2, 0.25) is 5.02 Å². The first-order valence-electron chi connectivity index (χ1n) is 9.17. The van der Waals surface area contributed by atoms with Crippen molar-refractivity contribution in [2.24, 2.45) is 5.92 Å². The van der Waals surface area contributed by atoms with E-state index in [1.807, 2.05) is 62.4 Å². The molecule has 1 saturated heterocycles. The third kappa shape index (κ3) is 4.42. The van der Waals surface area contributed by atoms with E-state index in [1.54, 1.807) is 9.80 Å². The van der Waals surface area contributed by atoms with E-state index in [-0.39, 0.29) is 17.9 Å². The minimum atomic E-state index is -0.133. The molecule has 1 aliphatic rings. The monoisotopic (exact) mass is 385 g/mol. The van der Waals surface area contributed by atoms with Gasteiger partial charge in [0.25, 0.3) is 0 Å². The first-order valence-corrected chi connectivity index (χ1v) is 9.55. The number of hydrogen-bond acceptors (Lipinski definition) is 2. The Labute approximate surface area is 164 Å². The molecule has 1 heterocycles. The second-order valence-electron chi connectivity index (χ2n) is 6.96. The number of nitrogens with one attached hydrogen (secondary N) is 1. The summed E-state index contributed by atoms with van der Waals surface area (Å²) in [6.45, 7) is 5.45. The molecule has 0 unspecified atom stereocenters. The van der Waals surface area contributed by atoms with Gasteiger partial charge in [-0.3, -0.25) is 9.69 Å². The highest BCUT2D eigenvalue weighted by Crippen LogP contribution is 2.30. The molecule has 2 aromatic rings. The molecule has 6 heteroatoms. The minimum absolute atomic E-state index is 0.0696. The Morgan fingerprint density at radius 1 is 1.11 bits per heavy atom. The van der Waals surface area contributed by atoms with Crippen molar-refractivity contribution in [3.05, 3.63) is 59.1 Å². The van der Waals surface area contributed by atoms with Gasteiger partial charge >= 0.3 is 6.03 Å². The highest BCUT2D eigenvalue weighted by atomic mass is 35.5. The lowest BCUT2D eigenvalue weighted by molar-refractivity contribution is -0.118. The van der Waals surface area contributed by atoms with E-state index >= 15 is 0 Å². The second-order valence-corrected chi connectivity index (χ2v) is 7.37. The van der Waals surface area contributed by atoms with Gasteiger partial charge in [-0.15, -0.1) is 0 Å². The van der Waals surface area contributed by atoms with Crippen LogP contribution in [0.5, 0.6) is 0 Å². The van der Waals surface area contributed by atoms with Gasteiger partial charge in [-0.1, -0.05) is 55.8 Å². The summed E-state index contributed by atoms with van der Waals surface area (Å²) >= 11 is 6.26. The molecule has 5 nitrogen and oxygen atoms in total. The Kier molecular flexibility index (Phi) is 6.01. The lowest BCUT2D eigenvalue weighted by Gasteiger charge is -2.36. The largest absolute Gasteiger partial charge is 0.324 e. The number of anilines is 2. The number of benzene rings is 2. The fourth-order valence-electron chi connectivity index (χ4n) is 3.08. The Balaban J connectivity index is 1.82. The maximum Gasteiger partial charge on any atom is 0.324 e. The summed E-state index contributed by atoms with van der Waals surface area (Å²) in [6, 6.07) is 14.9. The minimum Gasteiger partial charge on any atom is -0.324 e. The SMILES string of the molecule is CC(C)C(=O)Nc1ccccc1N1CCCN(Cc2ccccc2Cl)C1=O. The molecule has 3 amide bonds. The van der Waals surface area contributed by atoms with Crippen LogP contribution in [0.15, 0.2) is 48.5 Å². The van der Waals surface area contributed by atoms with Crippen molar-refractivity contribution in [1.29, 1.82) is 0 Å². The molecule has 3 rings (SSSR count). The van der Waals surface area contributed by atoms with Gasteiger partial charge in [0.1, 0.15) is 0 Å². The van der Waals surface area contributed by atoms with Crippen LogP contribution in [-0.4, -0.2) is 29.9 Å². The average molecular weight is 386 g/mol. The summed E-state index contributed by atoms with van der Waals surface area (Å²) in [7, 11) is 0. The van der Waals surface area contributed by atoms with Crippen LogP contribution in [0, 0.1) is 5.92 Å². The predicted molar refractivity (Wildman–Crippen MR) is 109 cm³/mol. The fraction of sp³-hybridized carbons (Fsp3) is 0.333. The highest BCUT2D eigenvalue weighted by Gasteiger charge is 2.29. The number of carbonyl (C=O) groups excluding carboxylic acids is 2. The standard InChI is InChI=1S/C21H24ClN3O2/c1-15(2)20(26)23-18-10-5-6-11-19(18)25-13-7-12-24(21(25)27)14-16-8-3-4-9-17(16)22/h3-6,8-11,15H,7,12-14H2,1-2H3,(H,23,26). The number of para-hydroxylation sites is 2. The van der Waals surface area contributed by atoms with E-state index in [0.29, 0.717) is 30.3 Å². The molecule has 0 bridgehead atoms. The molecule has 0 saturated carbocycles. The molecule has 0 aromatic heterocycles. The molecule has 1 fully saturated rings. The Bertz CT molecular complexity index is 838. The topological polar surface area (TPSA) is 52.7 Å². The molecule has 1 N–H and O–H groups in total. The molecular formula is C21H24ClN3O2. The van der Waals surface area contributed by atoms with Gasteiger partial charge in [-0.05, 0) is 30.2 Å². The van der Waals surface area contributed by atoms with Gasteiger partial charge in [-0.25, -0.2) is 4.79 Å². The van der Waals surface area contributed by atoms with Crippen LogP contribution in [-0.2, 0) is 11.3 Å². The van der Waals surface area contributed by atoms with Crippen molar-refractivity contribution in [2.75, 3.05) is 23.3 Å². The maximum atomic E-state index is 13.1. The van der Waals surface area contributed by atoms with Gasteiger partial charge in [-0.2, -0.15) is 0 Å². The van der Waals surface area contributed by atoms with Crippen molar-refractivity contribution in [2.45, 2.75) is 26.8 Å². The number of rotatable bonds is 5. The second kappa shape index (κ2) is 8.44. The van der Waals surface area contributed by atoms with E-state index in [9.17, 15) is 9.59 Å².